The number of aliphatic hydroxyl groups excluding tert-OH is 2. The first-order chi connectivity index (χ1) is 13.8. The van der Waals surface area contributed by atoms with Gasteiger partial charge in [-0.25, -0.2) is 0 Å². The largest absolute Gasteiger partial charge is 0.392 e. The molecule has 160 valence electrons. The fourth-order valence-electron chi connectivity index (χ4n) is 3.34. The van der Waals surface area contributed by atoms with Crippen molar-refractivity contribution in [3.05, 3.63) is 24.3 Å². The van der Waals surface area contributed by atoms with Gasteiger partial charge in [-0.3, -0.25) is 19.7 Å². The molecule has 1 saturated carbocycles. The standard InChI is InChI=1S/C23H33NO5/c1-4-5-10-16(2)20(26)14-13-19-18(21(27)15-22(19)28)11-8-6-7-9-12-23(29)24-17(3)25/h6,8,13-14,16,18-20,22,26,28H,7,9-12,15H2,1-3H3,(H,24,25,29)/t16?,18-,19-,20-,22-/m1/s1. The molecule has 0 radical (unpaired) electrons. The van der Waals surface area contributed by atoms with Crippen LogP contribution in [0, 0.1) is 29.6 Å². The van der Waals surface area contributed by atoms with Crippen molar-refractivity contribution < 1.29 is 24.6 Å². The number of hydrogen-bond acceptors (Lipinski definition) is 5. The van der Waals surface area contributed by atoms with Gasteiger partial charge in [0.1, 0.15) is 5.78 Å². The average Bonchev–Trinajstić information content (AvgIpc) is 2.92. The summed E-state index contributed by atoms with van der Waals surface area (Å²) in [6.45, 7) is 4.97. The lowest BCUT2D eigenvalue weighted by molar-refractivity contribution is -0.129. The van der Waals surface area contributed by atoms with E-state index < -0.39 is 12.2 Å². The summed E-state index contributed by atoms with van der Waals surface area (Å²) in [5.41, 5.74) is 0. The average molecular weight is 404 g/mol. The van der Waals surface area contributed by atoms with Gasteiger partial charge < -0.3 is 10.2 Å². The molecule has 29 heavy (non-hydrogen) atoms. The van der Waals surface area contributed by atoms with E-state index in [-0.39, 0.29) is 48.2 Å². The first-order valence-corrected chi connectivity index (χ1v) is 10.2. The van der Waals surface area contributed by atoms with E-state index in [0.717, 1.165) is 0 Å². The molecule has 5 atom stereocenters. The van der Waals surface area contributed by atoms with Crippen LogP contribution in [0.25, 0.3) is 0 Å². The Bertz CT molecular complexity index is 685. The van der Waals surface area contributed by atoms with Gasteiger partial charge in [-0.05, 0) is 32.1 Å². The number of aliphatic hydroxyl groups is 2. The number of carbonyl (C=O) groups excluding carboxylic acids is 3. The highest BCUT2D eigenvalue weighted by Gasteiger charge is 2.39. The number of ketones is 1. The van der Waals surface area contributed by atoms with Gasteiger partial charge in [-0.15, -0.1) is 11.8 Å². The van der Waals surface area contributed by atoms with Gasteiger partial charge in [0.05, 0.1) is 12.2 Å². The van der Waals surface area contributed by atoms with Gasteiger partial charge in [0.2, 0.25) is 11.8 Å². The first-order valence-electron chi connectivity index (χ1n) is 10.2. The maximum atomic E-state index is 12.2. The lowest BCUT2D eigenvalue weighted by atomic mass is 9.89. The van der Waals surface area contributed by atoms with Crippen molar-refractivity contribution in [2.75, 3.05) is 0 Å². The minimum absolute atomic E-state index is 0.0218. The molecule has 1 aliphatic rings. The third-order valence-corrected chi connectivity index (χ3v) is 5.09. The van der Waals surface area contributed by atoms with Crippen LogP contribution >= 0.6 is 0 Å². The molecule has 1 unspecified atom stereocenters. The van der Waals surface area contributed by atoms with Crippen LogP contribution in [0.5, 0.6) is 0 Å². The Kier molecular flexibility index (Phi) is 11.2. The Balaban J connectivity index is 2.52. The molecule has 6 nitrogen and oxygen atoms in total. The Morgan fingerprint density at radius 1 is 1.34 bits per heavy atom. The van der Waals surface area contributed by atoms with E-state index in [0.29, 0.717) is 25.7 Å². The number of carbonyl (C=O) groups is 3. The molecule has 0 bridgehead atoms. The molecule has 0 aromatic carbocycles. The molecule has 3 N–H and O–H groups in total. The van der Waals surface area contributed by atoms with Gasteiger partial charge in [-0.2, -0.15) is 0 Å². The highest BCUT2D eigenvalue weighted by Crippen LogP contribution is 2.33. The Morgan fingerprint density at radius 3 is 2.72 bits per heavy atom. The number of amides is 2. The number of hydrogen-bond donors (Lipinski definition) is 3. The minimum Gasteiger partial charge on any atom is -0.392 e. The van der Waals surface area contributed by atoms with Crippen LogP contribution in [0.3, 0.4) is 0 Å². The summed E-state index contributed by atoms with van der Waals surface area (Å²) in [4.78, 5) is 34.4. The van der Waals surface area contributed by atoms with E-state index in [1.807, 2.05) is 19.1 Å². The summed E-state index contributed by atoms with van der Waals surface area (Å²) in [5.74, 6) is 4.48. The van der Waals surface area contributed by atoms with Crippen LogP contribution in [-0.2, 0) is 14.4 Å². The number of rotatable bonds is 10. The molecule has 1 aliphatic carbocycles. The summed E-state index contributed by atoms with van der Waals surface area (Å²) >= 11 is 0. The molecule has 1 fully saturated rings. The molecule has 0 saturated heterocycles. The molecule has 0 spiro atoms. The Labute approximate surface area is 173 Å². The van der Waals surface area contributed by atoms with E-state index in [1.54, 1.807) is 19.1 Å². The lowest BCUT2D eigenvalue weighted by Crippen LogP contribution is -2.27. The Hall–Kier alpha value is -2.23. The van der Waals surface area contributed by atoms with Crippen molar-refractivity contribution in [1.29, 1.82) is 0 Å². The molecular weight excluding hydrogens is 370 g/mol. The van der Waals surface area contributed by atoms with Crippen molar-refractivity contribution in [2.24, 2.45) is 17.8 Å². The molecular formula is C23H33NO5. The maximum absolute atomic E-state index is 12.2. The van der Waals surface area contributed by atoms with Crippen molar-refractivity contribution in [3.63, 3.8) is 0 Å². The van der Waals surface area contributed by atoms with Crippen molar-refractivity contribution in [2.45, 2.75) is 71.5 Å². The smallest absolute Gasteiger partial charge is 0.226 e. The molecule has 1 rings (SSSR count). The van der Waals surface area contributed by atoms with Gasteiger partial charge >= 0.3 is 0 Å². The van der Waals surface area contributed by atoms with Crippen LogP contribution in [0.1, 0.15) is 59.3 Å². The molecule has 0 heterocycles. The maximum Gasteiger partial charge on any atom is 0.226 e. The van der Waals surface area contributed by atoms with Gasteiger partial charge in [0.15, 0.2) is 0 Å². The van der Waals surface area contributed by atoms with E-state index in [4.69, 9.17) is 0 Å². The number of nitrogens with one attached hydrogen (secondary N) is 1. The fraction of sp³-hybridized carbons (Fsp3) is 0.609. The van der Waals surface area contributed by atoms with Gasteiger partial charge in [0.25, 0.3) is 0 Å². The zero-order chi connectivity index (χ0) is 21.8. The van der Waals surface area contributed by atoms with Crippen LogP contribution in [0.2, 0.25) is 0 Å². The summed E-state index contributed by atoms with van der Waals surface area (Å²) < 4.78 is 0. The third kappa shape index (κ3) is 9.21. The van der Waals surface area contributed by atoms with E-state index in [2.05, 4.69) is 17.2 Å². The predicted molar refractivity (Wildman–Crippen MR) is 111 cm³/mol. The molecule has 0 aliphatic heterocycles. The quantitative estimate of drug-likeness (QED) is 0.295. The van der Waals surface area contributed by atoms with Crippen molar-refractivity contribution in [1.82, 2.24) is 5.32 Å². The summed E-state index contributed by atoms with van der Waals surface area (Å²) in [5, 5.41) is 22.7. The van der Waals surface area contributed by atoms with E-state index in [9.17, 15) is 24.6 Å². The number of unbranched alkanes of at least 4 members (excludes halogenated alkanes) is 1. The SMILES string of the molecule is CC#CCC(C)[C@H](O)C=C[C@H]1[C@H](O)CC(=O)[C@@H]1CC=CCCCC(=O)NC(C)=O. The highest BCUT2D eigenvalue weighted by atomic mass is 16.3. The summed E-state index contributed by atoms with van der Waals surface area (Å²) in [6.07, 6.45) is 8.64. The predicted octanol–water partition coefficient (Wildman–Crippen LogP) is 2.30. The van der Waals surface area contributed by atoms with Gasteiger partial charge in [-0.1, -0.05) is 31.2 Å². The zero-order valence-corrected chi connectivity index (χ0v) is 17.6. The first kappa shape index (κ1) is 24.8. The van der Waals surface area contributed by atoms with Gasteiger partial charge in [0, 0.05) is 38.0 Å². The number of imide groups is 1. The summed E-state index contributed by atoms with van der Waals surface area (Å²) in [7, 11) is 0. The van der Waals surface area contributed by atoms with E-state index >= 15 is 0 Å². The third-order valence-electron chi connectivity index (χ3n) is 5.09. The molecule has 2 amide bonds. The van der Waals surface area contributed by atoms with Crippen LogP contribution < -0.4 is 5.32 Å². The summed E-state index contributed by atoms with van der Waals surface area (Å²) in [6, 6.07) is 0. The second kappa shape index (κ2) is 13.1. The zero-order valence-electron chi connectivity index (χ0n) is 17.6. The molecule has 0 aromatic heterocycles. The second-order valence-corrected chi connectivity index (χ2v) is 7.61. The number of Topliss-reactive ketones (excluding diaryl/α,β-unsaturated/α-hetero) is 1. The monoisotopic (exact) mass is 403 g/mol. The second-order valence-electron chi connectivity index (χ2n) is 7.61. The fourth-order valence-corrected chi connectivity index (χ4v) is 3.34. The highest BCUT2D eigenvalue weighted by molar-refractivity contribution is 5.93. The van der Waals surface area contributed by atoms with Crippen molar-refractivity contribution >= 4 is 17.6 Å². The molecule has 6 heteroatoms. The van der Waals surface area contributed by atoms with Crippen LogP contribution in [-0.4, -0.2) is 40.0 Å². The topological polar surface area (TPSA) is 104 Å². The van der Waals surface area contributed by atoms with Crippen molar-refractivity contribution in [3.8, 4) is 11.8 Å². The minimum atomic E-state index is -0.731. The van der Waals surface area contributed by atoms with E-state index in [1.165, 1.54) is 6.92 Å². The Morgan fingerprint density at radius 2 is 2.07 bits per heavy atom. The number of allylic oxidation sites excluding steroid dienone is 2. The van der Waals surface area contributed by atoms with Crippen LogP contribution in [0.4, 0.5) is 0 Å². The normalized spacial score (nSPS) is 23.8. The molecule has 0 aromatic rings. The van der Waals surface area contributed by atoms with Crippen LogP contribution in [0.15, 0.2) is 24.3 Å². The lowest BCUT2D eigenvalue weighted by Gasteiger charge is -2.18.